The second-order valence-electron chi connectivity index (χ2n) is 5.27. The Labute approximate surface area is 107 Å². The maximum absolute atomic E-state index is 12.0. The highest BCUT2D eigenvalue weighted by molar-refractivity contribution is 5.77. The number of hydrogen-bond donors (Lipinski definition) is 2. The van der Waals surface area contributed by atoms with Crippen LogP contribution in [0.1, 0.15) is 31.2 Å². The van der Waals surface area contributed by atoms with Gasteiger partial charge in [-0.15, -0.1) is 0 Å². The Hall–Kier alpha value is -1.55. The van der Waals surface area contributed by atoms with Gasteiger partial charge in [-0.2, -0.15) is 0 Å². The molecule has 0 bridgehead atoms. The van der Waals surface area contributed by atoms with E-state index in [4.69, 9.17) is 5.73 Å². The first-order valence-corrected chi connectivity index (χ1v) is 6.30. The topological polar surface area (TPSA) is 66.6 Å². The van der Waals surface area contributed by atoms with Crippen LogP contribution in [-0.4, -0.2) is 28.5 Å². The van der Waals surface area contributed by atoms with E-state index in [0.29, 0.717) is 13.0 Å². The van der Waals surface area contributed by atoms with Crippen molar-refractivity contribution in [3.8, 4) is 5.75 Å². The fourth-order valence-electron chi connectivity index (χ4n) is 2.23. The highest BCUT2D eigenvalue weighted by Crippen LogP contribution is 2.32. The van der Waals surface area contributed by atoms with Crippen LogP contribution in [0, 0.1) is 0 Å². The largest absolute Gasteiger partial charge is 0.508 e. The van der Waals surface area contributed by atoms with Crippen LogP contribution < -0.4 is 5.73 Å². The summed E-state index contributed by atoms with van der Waals surface area (Å²) in [7, 11) is 1.75. The van der Waals surface area contributed by atoms with Crippen molar-refractivity contribution in [2.24, 2.45) is 5.73 Å². The van der Waals surface area contributed by atoms with E-state index in [1.54, 1.807) is 24.1 Å². The first kappa shape index (κ1) is 12.9. The number of amides is 1. The van der Waals surface area contributed by atoms with Crippen molar-refractivity contribution < 1.29 is 9.90 Å². The number of nitrogens with zero attached hydrogens (tertiary/aromatic N) is 1. The zero-order valence-corrected chi connectivity index (χ0v) is 10.7. The summed E-state index contributed by atoms with van der Waals surface area (Å²) in [5, 5.41) is 9.67. The quantitative estimate of drug-likeness (QED) is 0.851. The number of para-hydroxylation sites is 1. The average molecular weight is 248 g/mol. The van der Waals surface area contributed by atoms with Crippen LogP contribution in [0.2, 0.25) is 0 Å². The molecule has 1 aromatic rings. The van der Waals surface area contributed by atoms with E-state index in [2.05, 4.69) is 0 Å². The number of rotatable bonds is 4. The molecule has 0 saturated heterocycles. The number of nitrogens with two attached hydrogens (primary N) is 1. The Morgan fingerprint density at radius 2 is 2.11 bits per heavy atom. The van der Waals surface area contributed by atoms with Crippen molar-refractivity contribution in [1.82, 2.24) is 4.90 Å². The SMILES string of the molecule is CN(Cc1ccccc1O)C(=O)CC1(N)CCC1. The van der Waals surface area contributed by atoms with E-state index < -0.39 is 0 Å². The third kappa shape index (κ3) is 2.82. The number of phenolic OH excluding ortho intramolecular Hbond substituents is 1. The van der Waals surface area contributed by atoms with Gasteiger partial charge in [-0.1, -0.05) is 18.2 Å². The molecule has 18 heavy (non-hydrogen) atoms. The minimum Gasteiger partial charge on any atom is -0.508 e. The molecule has 3 N–H and O–H groups in total. The molecule has 1 saturated carbocycles. The Bertz CT molecular complexity index is 441. The lowest BCUT2D eigenvalue weighted by Gasteiger charge is -2.38. The maximum atomic E-state index is 12.0. The molecular formula is C14H20N2O2. The summed E-state index contributed by atoms with van der Waals surface area (Å²) in [4.78, 5) is 13.7. The summed E-state index contributed by atoms with van der Waals surface area (Å²) in [5.74, 6) is 0.267. The Kier molecular flexibility index (Phi) is 3.57. The predicted octanol–water partition coefficient (Wildman–Crippen LogP) is 1.62. The number of carbonyl (C=O) groups excluding carboxylic acids is 1. The Morgan fingerprint density at radius 1 is 1.44 bits per heavy atom. The van der Waals surface area contributed by atoms with Gasteiger partial charge in [-0.05, 0) is 25.3 Å². The monoisotopic (exact) mass is 248 g/mol. The third-order valence-electron chi connectivity index (χ3n) is 3.68. The summed E-state index contributed by atoms with van der Waals surface area (Å²) in [6.07, 6.45) is 3.39. The fraction of sp³-hybridized carbons (Fsp3) is 0.500. The summed E-state index contributed by atoms with van der Waals surface area (Å²) in [6, 6.07) is 7.07. The number of hydrogen-bond acceptors (Lipinski definition) is 3. The van der Waals surface area contributed by atoms with Crippen LogP contribution in [-0.2, 0) is 11.3 Å². The van der Waals surface area contributed by atoms with E-state index in [9.17, 15) is 9.90 Å². The highest BCUT2D eigenvalue weighted by Gasteiger charge is 2.35. The van der Waals surface area contributed by atoms with Gasteiger partial charge >= 0.3 is 0 Å². The van der Waals surface area contributed by atoms with Crippen LogP contribution in [0.4, 0.5) is 0 Å². The molecule has 0 radical (unpaired) electrons. The lowest BCUT2D eigenvalue weighted by Crippen LogP contribution is -2.50. The molecule has 1 aliphatic rings. The highest BCUT2D eigenvalue weighted by atomic mass is 16.3. The van der Waals surface area contributed by atoms with Gasteiger partial charge in [0.05, 0.1) is 0 Å². The molecule has 0 unspecified atom stereocenters. The second kappa shape index (κ2) is 4.98. The molecule has 0 heterocycles. The lowest BCUT2D eigenvalue weighted by molar-refractivity contribution is -0.132. The number of carbonyl (C=O) groups is 1. The molecule has 1 amide bonds. The molecule has 4 heteroatoms. The number of phenols is 1. The zero-order chi connectivity index (χ0) is 13.2. The van der Waals surface area contributed by atoms with Gasteiger partial charge in [0.15, 0.2) is 0 Å². The van der Waals surface area contributed by atoms with Gasteiger partial charge in [-0.3, -0.25) is 4.79 Å². The number of benzene rings is 1. The van der Waals surface area contributed by atoms with E-state index in [1.807, 2.05) is 12.1 Å². The van der Waals surface area contributed by atoms with Crippen LogP contribution >= 0.6 is 0 Å². The summed E-state index contributed by atoms with van der Waals surface area (Å²) >= 11 is 0. The van der Waals surface area contributed by atoms with Gasteiger partial charge < -0.3 is 15.7 Å². The van der Waals surface area contributed by atoms with Gasteiger partial charge in [-0.25, -0.2) is 0 Å². The van der Waals surface area contributed by atoms with Gasteiger partial charge in [0.1, 0.15) is 5.75 Å². The summed E-state index contributed by atoms with van der Waals surface area (Å²) < 4.78 is 0. The Morgan fingerprint density at radius 3 is 2.67 bits per heavy atom. The molecule has 4 nitrogen and oxygen atoms in total. The van der Waals surface area contributed by atoms with Gasteiger partial charge in [0.25, 0.3) is 0 Å². The average Bonchev–Trinajstić information content (AvgIpc) is 2.30. The smallest absolute Gasteiger partial charge is 0.224 e. The molecule has 0 atom stereocenters. The minimum atomic E-state index is -0.288. The molecule has 1 aliphatic carbocycles. The summed E-state index contributed by atoms with van der Waals surface area (Å²) in [5.41, 5.74) is 6.54. The van der Waals surface area contributed by atoms with Crippen LogP contribution in [0.5, 0.6) is 5.75 Å². The van der Waals surface area contributed by atoms with Crippen molar-refractivity contribution in [3.05, 3.63) is 29.8 Å². The van der Waals surface area contributed by atoms with E-state index in [1.165, 1.54) is 0 Å². The molecule has 1 aromatic carbocycles. The number of aromatic hydroxyl groups is 1. The predicted molar refractivity (Wildman–Crippen MR) is 70.0 cm³/mol. The van der Waals surface area contributed by atoms with Crippen molar-refractivity contribution in [1.29, 1.82) is 0 Å². The first-order valence-electron chi connectivity index (χ1n) is 6.30. The molecule has 2 rings (SSSR count). The van der Waals surface area contributed by atoms with Crippen molar-refractivity contribution >= 4 is 5.91 Å². The van der Waals surface area contributed by atoms with Crippen molar-refractivity contribution in [3.63, 3.8) is 0 Å². The normalized spacial score (nSPS) is 17.0. The summed E-state index contributed by atoms with van der Waals surface area (Å²) in [6.45, 7) is 0.418. The van der Waals surface area contributed by atoms with Crippen molar-refractivity contribution in [2.45, 2.75) is 37.8 Å². The van der Waals surface area contributed by atoms with Crippen LogP contribution in [0.25, 0.3) is 0 Å². The molecule has 0 aromatic heterocycles. The van der Waals surface area contributed by atoms with Crippen molar-refractivity contribution in [2.75, 3.05) is 7.05 Å². The van der Waals surface area contributed by atoms with Gasteiger partial charge in [0, 0.05) is 31.1 Å². The third-order valence-corrected chi connectivity index (χ3v) is 3.68. The molecule has 1 fully saturated rings. The minimum absolute atomic E-state index is 0.0421. The molecule has 0 aliphatic heterocycles. The van der Waals surface area contributed by atoms with E-state index in [0.717, 1.165) is 24.8 Å². The lowest BCUT2D eigenvalue weighted by atomic mass is 9.75. The standard InChI is InChI=1S/C14H20N2O2/c1-16(10-11-5-2-3-6-12(11)17)13(18)9-14(15)7-4-8-14/h2-3,5-6,17H,4,7-10,15H2,1H3. The van der Waals surface area contributed by atoms with Crippen LogP contribution in [0.3, 0.4) is 0 Å². The molecular weight excluding hydrogens is 228 g/mol. The molecule has 0 spiro atoms. The molecule has 98 valence electrons. The van der Waals surface area contributed by atoms with Gasteiger partial charge in [0.2, 0.25) is 5.91 Å². The zero-order valence-electron chi connectivity index (χ0n) is 10.7. The second-order valence-corrected chi connectivity index (χ2v) is 5.27. The maximum Gasteiger partial charge on any atom is 0.224 e. The first-order chi connectivity index (χ1) is 8.50. The van der Waals surface area contributed by atoms with E-state index >= 15 is 0 Å². The van der Waals surface area contributed by atoms with Crippen LogP contribution in [0.15, 0.2) is 24.3 Å². The Balaban J connectivity index is 1.93. The fourth-order valence-corrected chi connectivity index (χ4v) is 2.23. The van der Waals surface area contributed by atoms with E-state index in [-0.39, 0.29) is 17.2 Å².